The first-order valence-corrected chi connectivity index (χ1v) is 17.6. The number of nitrogens with zero attached hydrogens (tertiary/aromatic N) is 2. The van der Waals surface area contributed by atoms with Crippen LogP contribution in [-0.2, 0) is 9.84 Å². The molecule has 3 N–H and O–H groups in total. The van der Waals surface area contributed by atoms with Gasteiger partial charge in [-0.15, -0.1) is 0 Å². The van der Waals surface area contributed by atoms with E-state index in [1.807, 2.05) is 13.8 Å². The second-order valence-corrected chi connectivity index (χ2v) is 15.8. The van der Waals surface area contributed by atoms with Crippen LogP contribution in [0, 0.1) is 18.8 Å². The second kappa shape index (κ2) is 12.3. The highest BCUT2D eigenvalue weighted by Gasteiger charge is 2.40. The fourth-order valence-electron chi connectivity index (χ4n) is 5.92. The molecule has 0 amide bonds. The van der Waals surface area contributed by atoms with Crippen LogP contribution in [0.4, 0.5) is 23.1 Å². The van der Waals surface area contributed by atoms with Crippen LogP contribution < -0.4 is 20.7 Å². The number of halogens is 1. The summed E-state index contributed by atoms with van der Waals surface area (Å²) in [5.41, 5.74) is 4.94. The van der Waals surface area contributed by atoms with Crippen LogP contribution in [0.5, 0.6) is 5.75 Å². The molecule has 0 radical (unpaired) electrons. The maximum absolute atomic E-state index is 13.0. The third kappa shape index (κ3) is 6.75. The molecule has 2 fully saturated rings. The zero-order valence-electron chi connectivity index (χ0n) is 26.0. The summed E-state index contributed by atoms with van der Waals surface area (Å²) in [4.78, 5) is 9.25. The number of sulfone groups is 1. The van der Waals surface area contributed by atoms with E-state index in [0.717, 1.165) is 35.3 Å². The van der Waals surface area contributed by atoms with Gasteiger partial charge in [-0.25, -0.2) is 13.4 Å². The summed E-state index contributed by atoms with van der Waals surface area (Å²) in [5.74, 6) is 2.88. The van der Waals surface area contributed by atoms with E-state index in [1.54, 1.807) is 38.1 Å². The number of hydrogen-bond donors (Lipinski definition) is 3. The van der Waals surface area contributed by atoms with Gasteiger partial charge in [0.2, 0.25) is 5.95 Å². The van der Waals surface area contributed by atoms with E-state index in [-0.39, 0.29) is 16.0 Å². The highest BCUT2D eigenvalue weighted by molar-refractivity contribution is 7.92. The molecule has 234 valence electrons. The number of para-hydroxylation sites is 1. The van der Waals surface area contributed by atoms with Crippen LogP contribution in [0.1, 0.15) is 70.9 Å². The van der Waals surface area contributed by atoms with Crippen molar-refractivity contribution in [1.82, 2.24) is 15.3 Å². The van der Waals surface area contributed by atoms with Crippen LogP contribution >= 0.6 is 11.6 Å². The van der Waals surface area contributed by atoms with E-state index < -0.39 is 15.1 Å². The van der Waals surface area contributed by atoms with Crippen LogP contribution in [0.25, 0.3) is 5.57 Å². The van der Waals surface area contributed by atoms with E-state index in [2.05, 4.69) is 51.1 Å². The Balaban J connectivity index is 1.30. The Morgan fingerprint density at radius 1 is 1.00 bits per heavy atom. The Hall–Kier alpha value is -3.14. The molecule has 3 aromatic rings. The van der Waals surface area contributed by atoms with Gasteiger partial charge in [-0.2, -0.15) is 4.98 Å². The standard InChI is InChI=1S/C34H42ClN5O3S/c1-19(2)43-31-17-25(24-15-28(22-10-11-22)37-29(16-24)23-12-13-23)21(5)14-30(31)39-34-36-18-26(35)33(40-34)38-27-8-6-7-9-32(27)44(41,42)20(3)4/h6-9,14-15,17-20,22-23,28-29,37H,10-13,16H2,1-5H3,(H2,36,38,39,40)/t28-,29+/m0/s1. The lowest BCUT2D eigenvalue weighted by Gasteiger charge is -2.32. The lowest BCUT2D eigenvalue weighted by atomic mass is 9.87. The Morgan fingerprint density at radius 3 is 2.41 bits per heavy atom. The molecule has 0 unspecified atom stereocenters. The van der Waals surface area contributed by atoms with Gasteiger partial charge in [0.05, 0.1) is 33.8 Å². The van der Waals surface area contributed by atoms with E-state index in [4.69, 9.17) is 16.3 Å². The SMILES string of the molecule is Cc1cc(Nc2ncc(Cl)c(Nc3ccccc3S(=O)(=O)C(C)C)n2)c(OC(C)C)cc1C1=C[C@@H](C2CC2)N[C@@H](C2CC2)C1. The van der Waals surface area contributed by atoms with Crippen molar-refractivity contribution in [3.63, 3.8) is 0 Å². The Morgan fingerprint density at radius 2 is 1.73 bits per heavy atom. The van der Waals surface area contributed by atoms with Crippen molar-refractivity contribution in [3.05, 3.63) is 64.8 Å². The lowest BCUT2D eigenvalue weighted by Crippen LogP contribution is -2.43. The largest absolute Gasteiger partial charge is 0.489 e. The second-order valence-electron chi connectivity index (χ2n) is 12.9. The maximum atomic E-state index is 13.0. The highest BCUT2D eigenvalue weighted by Crippen LogP contribution is 2.45. The minimum Gasteiger partial charge on any atom is -0.489 e. The van der Waals surface area contributed by atoms with Gasteiger partial charge in [0.15, 0.2) is 15.7 Å². The number of hydrogen-bond acceptors (Lipinski definition) is 8. The van der Waals surface area contributed by atoms with Crippen molar-refractivity contribution in [2.24, 2.45) is 11.8 Å². The average molecular weight is 636 g/mol. The predicted molar refractivity (Wildman–Crippen MR) is 178 cm³/mol. The molecule has 3 aliphatic rings. The fourth-order valence-corrected chi connectivity index (χ4v) is 7.26. The van der Waals surface area contributed by atoms with Gasteiger partial charge >= 0.3 is 0 Å². The molecule has 8 nitrogen and oxygen atoms in total. The number of nitrogens with one attached hydrogen (secondary N) is 3. The smallest absolute Gasteiger partial charge is 0.229 e. The van der Waals surface area contributed by atoms with E-state index in [9.17, 15) is 8.42 Å². The average Bonchev–Trinajstić information content (AvgIpc) is 3.89. The number of anilines is 4. The molecule has 1 aliphatic heterocycles. The molecule has 1 aromatic heterocycles. The van der Waals surface area contributed by atoms with Gasteiger partial charge in [0, 0.05) is 12.1 Å². The normalized spacial score (nSPS) is 20.5. The van der Waals surface area contributed by atoms with Gasteiger partial charge < -0.3 is 20.7 Å². The van der Waals surface area contributed by atoms with E-state index >= 15 is 0 Å². The number of ether oxygens (including phenoxy) is 1. The minimum atomic E-state index is -3.53. The number of aryl methyl sites for hydroxylation is 1. The minimum absolute atomic E-state index is 0.0331. The summed E-state index contributed by atoms with van der Waals surface area (Å²) in [6.45, 7) is 9.50. The first-order valence-electron chi connectivity index (χ1n) is 15.7. The summed E-state index contributed by atoms with van der Waals surface area (Å²) in [7, 11) is -3.53. The van der Waals surface area contributed by atoms with E-state index in [1.165, 1.54) is 43.0 Å². The molecular weight excluding hydrogens is 594 g/mol. The van der Waals surface area contributed by atoms with Crippen molar-refractivity contribution < 1.29 is 13.2 Å². The molecule has 2 saturated carbocycles. The topological polar surface area (TPSA) is 105 Å². The van der Waals surface area contributed by atoms with Gasteiger partial charge in [0.25, 0.3) is 0 Å². The number of benzene rings is 2. The summed E-state index contributed by atoms with van der Waals surface area (Å²) in [6.07, 6.45) is 10.2. The monoisotopic (exact) mass is 635 g/mol. The first kappa shape index (κ1) is 30.9. The van der Waals surface area contributed by atoms with Crippen LogP contribution in [-0.4, -0.2) is 41.8 Å². The Bertz CT molecular complexity index is 1680. The fraction of sp³-hybridized carbons (Fsp3) is 0.471. The summed E-state index contributed by atoms with van der Waals surface area (Å²) in [6, 6.07) is 12.0. The molecule has 0 saturated heterocycles. The number of aromatic nitrogens is 2. The Labute approximate surface area is 266 Å². The first-order chi connectivity index (χ1) is 21.0. The zero-order valence-corrected chi connectivity index (χ0v) is 27.6. The van der Waals surface area contributed by atoms with Crippen molar-refractivity contribution in [3.8, 4) is 5.75 Å². The van der Waals surface area contributed by atoms with Crippen molar-refractivity contribution >= 4 is 50.2 Å². The quantitative estimate of drug-likeness (QED) is 0.196. The van der Waals surface area contributed by atoms with Gasteiger partial charge in [-0.05, 0) is 120 Å². The van der Waals surface area contributed by atoms with Crippen LogP contribution in [0.15, 0.2) is 53.6 Å². The Kier molecular flexibility index (Phi) is 8.65. The van der Waals surface area contributed by atoms with Crippen LogP contribution in [0.3, 0.4) is 0 Å². The molecule has 0 bridgehead atoms. The molecule has 10 heteroatoms. The summed E-state index contributed by atoms with van der Waals surface area (Å²) >= 11 is 6.49. The van der Waals surface area contributed by atoms with Gasteiger partial charge in [-0.3, -0.25) is 0 Å². The highest BCUT2D eigenvalue weighted by atomic mass is 35.5. The van der Waals surface area contributed by atoms with Crippen LogP contribution in [0.2, 0.25) is 5.02 Å². The zero-order chi connectivity index (χ0) is 31.2. The number of rotatable bonds is 11. The van der Waals surface area contributed by atoms with Crippen molar-refractivity contribution in [2.75, 3.05) is 10.6 Å². The van der Waals surface area contributed by atoms with Crippen molar-refractivity contribution in [2.45, 2.75) is 95.1 Å². The molecular formula is C34H42ClN5O3S. The third-order valence-electron chi connectivity index (χ3n) is 8.64. The lowest BCUT2D eigenvalue weighted by molar-refractivity contribution is 0.243. The summed E-state index contributed by atoms with van der Waals surface area (Å²) < 4.78 is 32.3. The van der Waals surface area contributed by atoms with E-state index in [0.29, 0.717) is 29.5 Å². The van der Waals surface area contributed by atoms with Crippen molar-refractivity contribution in [1.29, 1.82) is 0 Å². The predicted octanol–water partition coefficient (Wildman–Crippen LogP) is 7.83. The molecule has 2 aliphatic carbocycles. The molecule has 6 rings (SSSR count). The maximum Gasteiger partial charge on any atom is 0.229 e. The molecule has 44 heavy (non-hydrogen) atoms. The molecule has 2 heterocycles. The molecule has 0 spiro atoms. The molecule has 2 aromatic carbocycles. The molecule has 2 atom stereocenters. The van der Waals surface area contributed by atoms with Gasteiger partial charge in [-0.1, -0.05) is 29.8 Å². The van der Waals surface area contributed by atoms with Gasteiger partial charge in [0.1, 0.15) is 10.8 Å². The third-order valence-corrected chi connectivity index (χ3v) is 11.1. The summed E-state index contributed by atoms with van der Waals surface area (Å²) in [5, 5.41) is 10.1.